The van der Waals surface area contributed by atoms with Crippen LogP contribution in [-0.2, 0) is 12.8 Å². The molecule has 2 aromatic rings. The zero-order valence-electron chi connectivity index (χ0n) is 19.3. The van der Waals surface area contributed by atoms with Crippen molar-refractivity contribution >= 4 is 0 Å². The van der Waals surface area contributed by atoms with E-state index in [9.17, 15) is 8.78 Å². The lowest BCUT2D eigenvalue weighted by Crippen LogP contribution is -2.15. The van der Waals surface area contributed by atoms with Gasteiger partial charge in [-0.2, -0.15) is 10.2 Å². The minimum atomic E-state index is -0.814. The number of hydrogen-bond donors (Lipinski definition) is 0. The predicted octanol–water partition coefficient (Wildman–Crippen LogP) is 8.08. The topological polar surface area (TPSA) is 25.8 Å². The summed E-state index contributed by atoms with van der Waals surface area (Å²) in [6, 6.07) is 7.00. The maximum Gasteiger partial charge on any atom is 0.168 e. The molecule has 0 atom stereocenters. The summed E-state index contributed by atoms with van der Waals surface area (Å²) in [5.74, 6) is 0.158. The lowest BCUT2D eigenvalue weighted by molar-refractivity contribution is 0.248. The molecule has 1 fully saturated rings. The SMILES string of the molecule is CCCCCC1CCC(CCc2ccc(-c3ccc(CCCC)c(F)c3F)nn2)CC1. The van der Waals surface area contributed by atoms with Gasteiger partial charge in [-0.05, 0) is 61.3 Å². The summed E-state index contributed by atoms with van der Waals surface area (Å²) in [4.78, 5) is 0. The van der Waals surface area contributed by atoms with Crippen LogP contribution in [0.4, 0.5) is 8.78 Å². The van der Waals surface area contributed by atoms with E-state index < -0.39 is 11.6 Å². The van der Waals surface area contributed by atoms with Crippen LogP contribution in [0.3, 0.4) is 0 Å². The van der Waals surface area contributed by atoms with E-state index >= 15 is 0 Å². The quantitative estimate of drug-likeness (QED) is 0.338. The summed E-state index contributed by atoms with van der Waals surface area (Å²) in [5, 5.41) is 8.51. The van der Waals surface area contributed by atoms with Gasteiger partial charge in [-0.1, -0.05) is 77.7 Å². The number of halogens is 2. The summed E-state index contributed by atoms with van der Waals surface area (Å²) in [7, 11) is 0. The number of aryl methyl sites for hydroxylation is 2. The van der Waals surface area contributed by atoms with Gasteiger partial charge in [-0.25, -0.2) is 8.78 Å². The van der Waals surface area contributed by atoms with Crippen molar-refractivity contribution in [2.45, 2.75) is 97.3 Å². The van der Waals surface area contributed by atoms with Crippen LogP contribution >= 0.6 is 0 Å². The van der Waals surface area contributed by atoms with Gasteiger partial charge in [0.05, 0.1) is 11.4 Å². The number of unbranched alkanes of at least 4 members (excludes halogenated alkanes) is 3. The fourth-order valence-electron chi connectivity index (χ4n) is 4.83. The molecule has 170 valence electrons. The lowest BCUT2D eigenvalue weighted by atomic mass is 9.78. The molecule has 1 heterocycles. The second-order valence-corrected chi connectivity index (χ2v) is 9.33. The Bertz CT molecular complexity index is 796. The summed E-state index contributed by atoms with van der Waals surface area (Å²) in [6.45, 7) is 4.31. The van der Waals surface area contributed by atoms with Gasteiger partial charge >= 0.3 is 0 Å². The number of benzene rings is 1. The molecule has 0 spiro atoms. The molecule has 3 rings (SSSR count). The fourth-order valence-corrected chi connectivity index (χ4v) is 4.83. The minimum Gasteiger partial charge on any atom is -0.203 e. The maximum atomic E-state index is 14.6. The Hall–Kier alpha value is -1.84. The van der Waals surface area contributed by atoms with Crippen LogP contribution in [0, 0.1) is 23.5 Å². The lowest BCUT2D eigenvalue weighted by Gasteiger charge is -2.28. The fraction of sp³-hybridized carbons (Fsp3) is 0.630. The van der Waals surface area contributed by atoms with Gasteiger partial charge in [-0.3, -0.25) is 0 Å². The molecule has 0 unspecified atom stereocenters. The normalized spacial score (nSPS) is 19.0. The van der Waals surface area contributed by atoms with Crippen LogP contribution < -0.4 is 0 Å². The van der Waals surface area contributed by atoms with Gasteiger partial charge in [0.1, 0.15) is 0 Å². The number of rotatable bonds is 11. The Morgan fingerprint density at radius 1 is 0.742 bits per heavy atom. The monoisotopic (exact) mass is 428 g/mol. The van der Waals surface area contributed by atoms with Crippen LogP contribution in [-0.4, -0.2) is 10.2 Å². The van der Waals surface area contributed by atoms with E-state index in [2.05, 4.69) is 17.1 Å². The minimum absolute atomic E-state index is 0.193. The molecule has 0 N–H and O–H groups in total. The molecule has 0 amide bonds. The molecule has 1 aromatic heterocycles. The highest BCUT2D eigenvalue weighted by atomic mass is 19.2. The van der Waals surface area contributed by atoms with E-state index in [1.807, 2.05) is 13.0 Å². The molecule has 1 aliphatic rings. The first-order chi connectivity index (χ1) is 15.1. The first-order valence-electron chi connectivity index (χ1n) is 12.4. The molecular weight excluding hydrogens is 390 g/mol. The molecule has 1 aliphatic carbocycles. The van der Waals surface area contributed by atoms with Crippen LogP contribution in [0.1, 0.15) is 95.7 Å². The molecule has 0 aliphatic heterocycles. The second-order valence-electron chi connectivity index (χ2n) is 9.33. The third-order valence-corrected chi connectivity index (χ3v) is 6.95. The third-order valence-electron chi connectivity index (χ3n) is 6.95. The Kier molecular flexibility index (Phi) is 9.42. The van der Waals surface area contributed by atoms with E-state index in [1.54, 1.807) is 18.2 Å². The largest absolute Gasteiger partial charge is 0.203 e. The average molecular weight is 429 g/mol. The third kappa shape index (κ3) is 6.82. The number of nitrogens with zero attached hydrogens (tertiary/aromatic N) is 2. The van der Waals surface area contributed by atoms with Crippen molar-refractivity contribution in [3.05, 3.63) is 47.2 Å². The molecule has 1 saturated carbocycles. The van der Waals surface area contributed by atoms with E-state index in [0.717, 1.165) is 43.2 Å². The molecular formula is C27H38F2N2. The van der Waals surface area contributed by atoms with Crippen LogP contribution in [0.5, 0.6) is 0 Å². The number of hydrogen-bond acceptors (Lipinski definition) is 2. The van der Waals surface area contributed by atoms with Crippen LogP contribution in [0.2, 0.25) is 0 Å². The van der Waals surface area contributed by atoms with Crippen molar-refractivity contribution in [3.63, 3.8) is 0 Å². The van der Waals surface area contributed by atoms with Gasteiger partial charge in [0.25, 0.3) is 0 Å². The van der Waals surface area contributed by atoms with Crippen molar-refractivity contribution in [1.29, 1.82) is 0 Å². The van der Waals surface area contributed by atoms with Crippen molar-refractivity contribution < 1.29 is 8.78 Å². The Balaban J connectivity index is 1.50. The smallest absolute Gasteiger partial charge is 0.168 e. The highest BCUT2D eigenvalue weighted by Gasteiger charge is 2.21. The Morgan fingerprint density at radius 3 is 2.10 bits per heavy atom. The standard InChI is InChI=1S/C27H38F2N2/c1-3-5-7-8-20-10-12-21(13-11-20)14-16-23-17-19-25(31-30-23)24-18-15-22(9-6-4-2)26(28)27(24)29/h15,17-21H,3-14,16H2,1-2H3. The molecule has 1 aromatic carbocycles. The summed E-state index contributed by atoms with van der Waals surface area (Å²) >= 11 is 0. The van der Waals surface area contributed by atoms with Crippen molar-refractivity contribution in [2.75, 3.05) is 0 Å². The molecule has 31 heavy (non-hydrogen) atoms. The van der Waals surface area contributed by atoms with Gasteiger partial charge in [0.15, 0.2) is 11.6 Å². The van der Waals surface area contributed by atoms with Gasteiger partial charge < -0.3 is 0 Å². The highest BCUT2D eigenvalue weighted by Crippen LogP contribution is 2.34. The Labute approximate surface area is 186 Å². The first kappa shape index (κ1) is 23.8. The van der Waals surface area contributed by atoms with Crippen LogP contribution in [0.15, 0.2) is 24.3 Å². The summed E-state index contributed by atoms with van der Waals surface area (Å²) in [5.41, 5.74) is 1.97. The summed E-state index contributed by atoms with van der Waals surface area (Å²) < 4.78 is 28.9. The van der Waals surface area contributed by atoms with E-state index in [1.165, 1.54) is 51.4 Å². The van der Waals surface area contributed by atoms with E-state index in [-0.39, 0.29) is 5.56 Å². The highest BCUT2D eigenvalue weighted by molar-refractivity contribution is 5.60. The molecule has 0 saturated heterocycles. The van der Waals surface area contributed by atoms with Gasteiger partial charge in [0.2, 0.25) is 0 Å². The second kappa shape index (κ2) is 12.3. The predicted molar refractivity (Wildman–Crippen MR) is 124 cm³/mol. The maximum absolute atomic E-state index is 14.6. The Morgan fingerprint density at radius 2 is 1.45 bits per heavy atom. The number of aromatic nitrogens is 2. The first-order valence-corrected chi connectivity index (χ1v) is 12.4. The van der Waals surface area contributed by atoms with Crippen molar-refractivity contribution in [3.8, 4) is 11.3 Å². The van der Waals surface area contributed by atoms with Gasteiger partial charge in [-0.15, -0.1) is 0 Å². The van der Waals surface area contributed by atoms with Gasteiger partial charge in [0, 0.05) is 5.56 Å². The van der Waals surface area contributed by atoms with Crippen molar-refractivity contribution in [1.82, 2.24) is 10.2 Å². The summed E-state index contributed by atoms with van der Waals surface area (Å²) in [6.07, 6.45) is 15.3. The van der Waals surface area contributed by atoms with Crippen LogP contribution in [0.25, 0.3) is 11.3 Å². The zero-order chi connectivity index (χ0) is 22.1. The zero-order valence-corrected chi connectivity index (χ0v) is 19.3. The molecule has 0 radical (unpaired) electrons. The van der Waals surface area contributed by atoms with Crippen molar-refractivity contribution in [2.24, 2.45) is 11.8 Å². The van der Waals surface area contributed by atoms with E-state index in [0.29, 0.717) is 17.7 Å². The molecule has 0 bridgehead atoms. The molecule has 4 heteroatoms. The molecule has 2 nitrogen and oxygen atoms in total. The average Bonchev–Trinajstić information content (AvgIpc) is 2.80. The van der Waals surface area contributed by atoms with E-state index in [4.69, 9.17) is 0 Å².